The quantitative estimate of drug-likeness (QED) is 0.427. The van der Waals surface area contributed by atoms with Gasteiger partial charge in [-0.05, 0) is 60.9 Å². The molecule has 0 unspecified atom stereocenters. The third-order valence-electron chi connectivity index (χ3n) is 6.51. The zero-order chi connectivity index (χ0) is 25.0. The van der Waals surface area contributed by atoms with Crippen molar-refractivity contribution in [3.05, 3.63) is 94.0 Å². The Morgan fingerprint density at radius 2 is 1.54 bits per heavy atom. The van der Waals surface area contributed by atoms with Gasteiger partial charge in [0, 0.05) is 42.9 Å². The molecule has 0 radical (unpaired) electrons. The predicted molar refractivity (Wildman–Crippen MR) is 143 cm³/mol. The van der Waals surface area contributed by atoms with E-state index in [0.29, 0.717) is 26.2 Å². The molecule has 1 amide bonds. The van der Waals surface area contributed by atoms with Gasteiger partial charge in [-0.25, -0.2) is 8.42 Å². The standard InChI is InChI=1S/C27H30BrN3O3S/c1-21-7-6-10-26(22(21)2)29-15-17-30(18-16-29)27(32)20-31(19-23-11-13-24(28)14-12-23)35(33,34)25-8-4-3-5-9-25/h3-14H,15-20H2,1-2H3. The lowest BCUT2D eigenvalue weighted by Crippen LogP contribution is -2.52. The predicted octanol–water partition coefficient (Wildman–Crippen LogP) is 4.61. The van der Waals surface area contributed by atoms with Crippen LogP contribution in [-0.2, 0) is 21.4 Å². The van der Waals surface area contributed by atoms with Crippen molar-refractivity contribution in [1.29, 1.82) is 0 Å². The Bertz CT molecular complexity index is 1270. The summed E-state index contributed by atoms with van der Waals surface area (Å²) in [6, 6.07) is 22.1. The maximum absolute atomic E-state index is 13.5. The van der Waals surface area contributed by atoms with E-state index >= 15 is 0 Å². The lowest BCUT2D eigenvalue weighted by Gasteiger charge is -2.37. The molecule has 1 saturated heterocycles. The first-order valence-corrected chi connectivity index (χ1v) is 13.9. The number of rotatable bonds is 7. The molecule has 1 fully saturated rings. The lowest BCUT2D eigenvalue weighted by molar-refractivity contribution is -0.131. The third-order valence-corrected chi connectivity index (χ3v) is 8.85. The van der Waals surface area contributed by atoms with Crippen molar-refractivity contribution in [2.24, 2.45) is 0 Å². The number of carbonyl (C=O) groups is 1. The number of benzene rings is 3. The molecule has 0 N–H and O–H groups in total. The third kappa shape index (κ3) is 5.94. The molecule has 1 aliphatic heterocycles. The van der Waals surface area contributed by atoms with E-state index in [-0.39, 0.29) is 23.9 Å². The summed E-state index contributed by atoms with van der Waals surface area (Å²) in [4.78, 5) is 17.5. The van der Waals surface area contributed by atoms with E-state index in [9.17, 15) is 13.2 Å². The zero-order valence-corrected chi connectivity index (χ0v) is 22.4. The fourth-order valence-electron chi connectivity index (χ4n) is 4.29. The van der Waals surface area contributed by atoms with Crippen LogP contribution in [0.1, 0.15) is 16.7 Å². The number of anilines is 1. The molecule has 3 aromatic carbocycles. The fraction of sp³-hybridized carbons (Fsp3) is 0.296. The number of amides is 1. The first-order valence-electron chi connectivity index (χ1n) is 11.6. The van der Waals surface area contributed by atoms with Gasteiger partial charge in [-0.3, -0.25) is 4.79 Å². The van der Waals surface area contributed by atoms with Gasteiger partial charge in [-0.15, -0.1) is 0 Å². The number of piperazine rings is 1. The largest absolute Gasteiger partial charge is 0.368 e. The van der Waals surface area contributed by atoms with Crippen LogP contribution in [0, 0.1) is 13.8 Å². The molecule has 35 heavy (non-hydrogen) atoms. The van der Waals surface area contributed by atoms with Crippen LogP contribution in [0.4, 0.5) is 5.69 Å². The Morgan fingerprint density at radius 3 is 2.20 bits per heavy atom. The Labute approximate surface area is 216 Å². The number of sulfonamides is 1. The summed E-state index contributed by atoms with van der Waals surface area (Å²) in [5, 5.41) is 0. The summed E-state index contributed by atoms with van der Waals surface area (Å²) < 4.78 is 29.1. The van der Waals surface area contributed by atoms with E-state index in [1.165, 1.54) is 21.1 Å². The molecular formula is C27H30BrN3O3S. The van der Waals surface area contributed by atoms with Gasteiger partial charge in [0.1, 0.15) is 0 Å². The molecule has 0 aliphatic carbocycles. The van der Waals surface area contributed by atoms with Gasteiger partial charge in [0.25, 0.3) is 0 Å². The van der Waals surface area contributed by atoms with Gasteiger partial charge in [0.2, 0.25) is 15.9 Å². The highest BCUT2D eigenvalue weighted by Crippen LogP contribution is 2.24. The first-order chi connectivity index (χ1) is 16.8. The number of carbonyl (C=O) groups excluding carboxylic acids is 1. The molecule has 0 saturated carbocycles. The molecule has 0 atom stereocenters. The number of hydrogen-bond acceptors (Lipinski definition) is 4. The van der Waals surface area contributed by atoms with Crippen LogP contribution in [-0.4, -0.2) is 56.3 Å². The Hall–Kier alpha value is -2.68. The van der Waals surface area contributed by atoms with Gasteiger partial charge in [-0.1, -0.05) is 58.4 Å². The van der Waals surface area contributed by atoms with Crippen LogP contribution >= 0.6 is 15.9 Å². The van der Waals surface area contributed by atoms with E-state index in [2.05, 4.69) is 52.9 Å². The van der Waals surface area contributed by atoms with Crippen LogP contribution in [0.15, 0.2) is 82.2 Å². The maximum atomic E-state index is 13.5. The summed E-state index contributed by atoms with van der Waals surface area (Å²) >= 11 is 3.41. The smallest absolute Gasteiger partial charge is 0.243 e. The van der Waals surface area contributed by atoms with Gasteiger partial charge >= 0.3 is 0 Å². The highest BCUT2D eigenvalue weighted by Gasteiger charge is 2.30. The average molecular weight is 557 g/mol. The Balaban J connectivity index is 1.49. The normalized spacial score (nSPS) is 14.4. The van der Waals surface area contributed by atoms with E-state index in [0.717, 1.165) is 10.0 Å². The number of nitrogens with zero attached hydrogens (tertiary/aromatic N) is 3. The first kappa shape index (κ1) is 25.4. The molecule has 184 valence electrons. The van der Waals surface area contributed by atoms with Gasteiger partial charge in [0.15, 0.2) is 0 Å². The molecule has 8 heteroatoms. The molecule has 0 aromatic heterocycles. The second-order valence-electron chi connectivity index (χ2n) is 8.80. The highest BCUT2D eigenvalue weighted by molar-refractivity contribution is 9.10. The summed E-state index contributed by atoms with van der Waals surface area (Å²) in [5.74, 6) is -0.178. The van der Waals surface area contributed by atoms with Crippen LogP contribution in [0.5, 0.6) is 0 Å². The summed E-state index contributed by atoms with van der Waals surface area (Å²) in [6.07, 6.45) is 0. The van der Waals surface area contributed by atoms with Crippen molar-refractivity contribution in [1.82, 2.24) is 9.21 Å². The molecule has 1 heterocycles. The van der Waals surface area contributed by atoms with Crippen molar-refractivity contribution in [3.8, 4) is 0 Å². The second-order valence-corrected chi connectivity index (χ2v) is 11.7. The average Bonchev–Trinajstić information content (AvgIpc) is 2.87. The maximum Gasteiger partial charge on any atom is 0.243 e. The highest BCUT2D eigenvalue weighted by atomic mass is 79.9. The SMILES string of the molecule is Cc1cccc(N2CCN(C(=O)CN(Cc3ccc(Br)cc3)S(=O)(=O)c3ccccc3)CC2)c1C. The molecule has 0 bridgehead atoms. The van der Waals surface area contributed by atoms with Gasteiger partial charge < -0.3 is 9.80 Å². The Morgan fingerprint density at radius 1 is 0.886 bits per heavy atom. The minimum Gasteiger partial charge on any atom is -0.368 e. The van der Waals surface area contributed by atoms with E-state index in [1.807, 2.05) is 24.3 Å². The minimum atomic E-state index is -3.84. The topological polar surface area (TPSA) is 60.9 Å². The van der Waals surface area contributed by atoms with Crippen molar-refractivity contribution >= 4 is 37.5 Å². The van der Waals surface area contributed by atoms with Gasteiger partial charge in [0.05, 0.1) is 11.4 Å². The molecular weight excluding hydrogens is 526 g/mol. The second kappa shape index (κ2) is 10.9. The summed E-state index contributed by atoms with van der Waals surface area (Å²) in [6.45, 7) is 6.70. The van der Waals surface area contributed by atoms with Crippen LogP contribution < -0.4 is 4.90 Å². The van der Waals surface area contributed by atoms with Crippen LogP contribution in [0.2, 0.25) is 0 Å². The summed E-state index contributed by atoms with van der Waals surface area (Å²) in [7, 11) is -3.84. The van der Waals surface area contributed by atoms with Crippen molar-refractivity contribution in [2.45, 2.75) is 25.3 Å². The van der Waals surface area contributed by atoms with Crippen molar-refractivity contribution in [2.75, 3.05) is 37.6 Å². The van der Waals surface area contributed by atoms with Gasteiger partial charge in [-0.2, -0.15) is 4.31 Å². The van der Waals surface area contributed by atoms with Crippen LogP contribution in [0.3, 0.4) is 0 Å². The molecule has 3 aromatic rings. The zero-order valence-electron chi connectivity index (χ0n) is 20.0. The number of halogens is 1. The number of aryl methyl sites for hydroxylation is 1. The molecule has 4 rings (SSSR count). The fourth-order valence-corrected chi connectivity index (χ4v) is 5.95. The van der Waals surface area contributed by atoms with Crippen molar-refractivity contribution < 1.29 is 13.2 Å². The molecule has 6 nitrogen and oxygen atoms in total. The van der Waals surface area contributed by atoms with Crippen LogP contribution in [0.25, 0.3) is 0 Å². The van der Waals surface area contributed by atoms with E-state index in [4.69, 9.17) is 0 Å². The minimum absolute atomic E-state index is 0.124. The van der Waals surface area contributed by atoms with E-state index in [1.54, 1.807) is 35.2 Å². The number of hydrogen-bond donors (Lipinski definition) is 0. The van der Waals surface area contributed by atoms with E-state index < -0.39 is 10.0 Å². The monoisotopic (exact) mass is 555 g/mol. The lowest BCUT2D eigenvalue weighted by atomic mass is 10.1. The molecule has 0 spiro atoms. The summed E-state index contributed by atoms with van der Waals surface area (Å²) in [5.41, 5.74) is 4.51. The van der Waals surface area contributed by atoms with Crippen molar-refractivity contribution in [3.63, 3.8) is 0 Å². The Kier molecular flexibility index (Phi) is 7.94. The molecule has 1 aliphatic rings.